The molecule has 0 aliphatic rings. The Morgan fingerprint density at radius 2 is 2.14 bits per heavy atom. The average Bonchev–Trinajstić information content (AvgIpc) is 2.46. The van der Waals surface area contributed by atoms with Crippen molar-refractivity contribution < 1.29 is 18.3 Å². The summed E-state index contributed by atoms with van der Waals surface area (Å²) in [7, 11) is -2.05. The average molecular weight is 333 g/mol. The summed E-state index contributed by atoms with van der Waals surface area (Å²) in [5, 5.41) is 9.50. The van der Waals surface area contributed by atoms with Gasteiger partial charge in [0.2, 0.25) is 10.0 Å². The molecule has 0 aliphatic heterocycles. The first-order valence-electron chi connectivity index (χ1n) is 6.74. The van der Waals surface area contributed by atoms with Crippen LogP contribution in [-0.2, 0) is 16.4 Å². The van der Waals surface area contributed by atoms with E-state index in [2.05, 4.69) is 11.6 Å². The van der Waals surface area contributed by atoms with E-state index in [1.54, 1.807) is 23.9 Å². The van der Waals surface area contributed by atoms with Crippen molar-refractivity contribution in [3.63, 3.8) is 0 Å². The molecule has 0 aliphatic carbocycles. The number of aliphatic hydroxyl groups excluding tert-OH is 1. The van der Waals surface area contributed by atoms with Gasteiger partial charge in [0.15, 0.2) is 0 Å². The molecule has 1 atom stereocenters. The van der Waals surface area contributed by atoms with E-state index >= 15 is 0 Å². The van der Waals surface area contributed by atoms with Crippen LogP contribution in [0.3, 0.4) is 0 Å². The predicted molar refractivity (Wildman–Crippen MR) is 86.6 cm³/mol. The van der Waals surface area contributed by atoms with Crippen LogP contribution >= 0.6 is 11.8 Å². The van der Waals surface area contributed by atoms with E-state index in [1.807, 2.05) is 6.26 Å². The first-order valence-corrected chi connectivity index (χ1v) is 9.52. The number of ether oxygens (including phenoxy) is 1. The second-order valence-corrected chi connectivity index (χ2v) is 7.69. The smallest absolute Gasteiger partial charge is 0.240 e. The van der Waals surface area contributed by atoms with Crippen LogP contribution in [0, 0.1) is 0 Å². The van der Waals surface area contributed by atoms with Crippen LogP contribution in [0.25, 0.3) is 0 Å². The van der Waals surface area contributed by atoms with E-state index in [1.165, 1.54) is 13.2 Å². The van der Waals surface area contributed by atoms with Crippen molar-refractivity contribution in [2.24, 2.45) is 0 Å². The maximum atomic E-state index is 12.4. The van der Waals surface area contributed by atoms with Gasteiger partial charge in [-0.25, -0.2) is 13.1 Å². The number of nitrogens with one attached hydrogen (secondary N) is 1. The molecule has 1 aromatic carbocycles. The van der Waals surface area contributed by atoms with Crippen molar-refractivity contribution in [2.75, 3.05) is 26.5 Å². The van der Waals surface area contributed by atoms with Crippen LogP contribution in [0.15, 0.2) is 23.1 Å². The fraction of sp³-hybridized carbons (Fsp3) is 0.571. The minimum Gasteiger partial charge on any atom is -0.497 e. The van der Waals surface area contributed by atoms with Gasteiger partial charge in [0.05, 0.1) is 12.0 Å². The fourth-order valence-corrected chi connectivity index (χ4v) is 3.50. The van der Waals surface area contributed by atoms with E-state index in [-0.39, 0.29) is 17.9 Å². The summed E-state index contributed by atoms with van der Waals surface area (Å²) >= 11 is 1.70. The molecule has 0 saturated carbocycles. The Labute approximate surface area is 131 Å². The number of sulfonamides is 1. The number of aliphatic hydroxyl groups is 1. The highest BCUT2D eigenvalue weighted by atomic mass is 32.2. The Balaban J connectivity index is 2.91. The quantitative estimate of drug-likeness (QED) is 0.719. The lowest BCUT2D eigenvalue weighted by atomic mass is 10.1. The summed E-state index contributed by atoms with van der Waals surface area (Å²) in [5.41, 5.74) is 0.558. The molecule has 21 heavy (non-hydrogen) atoms. The largest absolute Gasteiger partial charge is 0.497 e. The van der Waals surface area contributed by atoms with Gasteiger partial charge in [0.1, 0.15) is 5.75 Å². The molecule has 5 nitrogen and oxygen atoms in total. The minimum atomic E-state index is -3.57. The van der Waals surface area contributed by atoms with Gasteiger partial charge in [-0.1, -0.05) is 6.92 Å². The molecular weight excluding hydrogens is 310 g/mol. The molecule has 1 unspecified atom stereocenters. The third-order valence-corrected chi connectivity index (χ3v) is 5.79. The van der Waals surface area contributed by atoms with Gasteiger partial charge in [-0.3, -0.25) is 0 Å². The maximum Gasteiger partial charge on any atom is 0.240 e. The summed E-state index contributed by atoms with van der Waals surface area (Å²) < 4.78 is 32.4. The second kappa shape index (κ2) is 8.63. The molecule has 7 heteroatoms. The first-order chi connectivity index (χ1) is 9.94. The molecule has 0 spiro atoms. The lowest BCUT2D eigenvalue weighted by Gasteiger charge is -2.13. The Kier molecular flexibility index (Phi) is 7.51. The number of hydrogen-bond donors (Lipinski definition) is 2. The molecular formula is C14H23NO4S2. The highest BCUT2D eigenvalue weighted by Gasteiger charge is 2.18. The van der Waals surface area contributed by atoms with Gasteiger partial charge >= 0.3 is 0 Å². The molecule has 1 aromatic rings. The Morgan fingerprint density at radius 3 is 2.71 bits per heavy atom. The minimum absolute atomic E-state index is 0.112. The zero-order chi connectivity index (χ0) is 15.9. The van der Waals surface area contributed by atoms with Crippen molar-refractivity contribution in [1.82, 2.24) is 4.72 Å². The van der Waals surface area contributed by atoms with Crippen molar-refractivity contribution in [1.29, 1.82) is 0 Å². The van der Waals surface area contributed by atoms with Crippen LogP contribution < -0.4 is 9.46 Å². The van der Waals surface area contributed by atoms with E-state index in [0.29, 0.717) is 23.1 Å². The summed E-state index contributed by atoms with van der Waals surface area (Å²) in [6.45, 7) is 2.34. The number of benzene rings is 1. The van der Waals surface area contributed by atoms with Crippen LogP contribution in [0.5, 0.6) is 5.75 Å². The van der Waals surface area contributed by atoms with Crippen molar-refractivity contribution >= 4 is 21.8 Å². The lowest BCUT2D eigenvalue weighted by molar-refractivity contribution is 0.298. The number of methoxy groups -OCH3 is 1. The highest BCUT2D eigenvalue weighted by molar-refractivity contribution is 7.99. The highest BCUT2D eigenvalue weighted by Crippen LogP contribution is 2.22. The van der Waals surface area contributed by atoms with Crippen LogP contribution in [0.1, 0.15) is 18.9 Å². The van der Waals surface area contributed by atoms with Gasteiger partial charge in [0.25, 0.3) is 0 Å². The molecule has 0 radical (unpaired) electrons. The summed E-state index contributed by atoms with van der Waals surface area (Å²) in [5.74, 6) is 0.577. The monoisotopic (exact) mass is 333 g/mol. The van der Waals surface area contributed by atoms with Gasteiger partial charge in [-0.15, -0.1) is 0 Å². The zero-order valence-electron chi connectivity index (χ0n) is 12.6. The lowest BCUT2D eigenvalue weighted by Crippen LogP contribution is -2.27. The Bertz CT molecular complexity index is 546. The molecule has 120 valence electrons. The van der Waals surface area contributed by atoms with Crippen LogP contribution in [-0.4, -0.2) is 45.3 Å². The van der Waals surface area contributed by atoms with Gasteiger partial charge < -0.3 is 9.84 Å². The van der Waals surface area contributed by atoms with Crippen LogP contribution in [0.4, 0.5) is 0 Å². The molecule has 0 fully saturated rings. The summed E-state index contributed by atoms with van der Waals surface area (Å²) in [4.78, 5) is 0.203. The van der Waals surface area contributed by atoms with Crippen LogP contribution in [0.2, 0.25) is 0 Å². The Hall–Kier alpha value is -0.760. The Morgan fingerprint density at radius 1 is 1.43 bits per heavy atom. The van der Waals surface area contributed by atoms with Crippen molar-refractivity contribution in [3.05, 3.63) is 23.8 Å². The topological polar surface area (TPSA) is 75.6 Å². The predicted octanol–water partition coefficient (Wildman–Crippen LogP) is 1.65. The zero-order valence-corrected chi connectivity index (χ0v) is 14.3. The van der Waals surface area contributed by atoms with E-state index in [0.717, 1.165) is 6.42 Å². The summed E-state index contributed by atoms with van der Waals surface area (Å²) in [6.07, 6.45) is 3.04. The van der Waals surface area contributed by atoms with E-state index in [9.17, 15) is 8.42 Å². The van der Waals surface area contributed by atoms with Gasteiger partial charge in [-0.2, -0.15) is 11.8 Å². The van der Waals surface area contributed by atoms with Crippen molar-refractivity contribution in [3.8, 4) is 5.75 Å². The molecule has 0 aromatic heterocycles. The van der Waals surface area contributed by atoms with Gasteiger partial charge in [-0.05, 0) is 42.9 Å². The third-order valence-electron chi connectivity index (χ3n) is 3.18. The standard InChI is InChI=1S/C14H23NO4S2/c1-11(20-3)6-8-15-21(17,18)14-5-4-13(19-2)10-12(14)7-9-16/h4-5,10-11,15-16H,6-9H2,1-3H3. The summed E-state index contributed by atoms with van der Waals surface area (Å²) in [6, 6.07) is 4.78. The van der Waals surface area contributed by atoms with Gasteiger partial charge in [0, 0.05) is 18.4 Å². The van der Waals surface area contributed by atoms with E-state index < -0.39 is 10.0 Å². The normalized spacial score (nSPS) is 13.1. The molecule has 0 bridgehead atoms. The van der Waals surface area contributed by atoms with Crippen molar-refractivity contribution in [2.45, 2.75) is 29.9 Å². The molecule has 0 amide bonds. The molecule has 0 heterocycles. The molecule has 0 saturated heterocycles. The second-order valence-electron chi connectivity index (χ2n) is 4.68. The number of rotatable bonds is 9. The SMILES string of the molecule is COc1ccc(S(=O)(=O)NCCC(C)SC)c(CCO)c1. The third kappa shape index (κ3) is 5.50. The van der Waals surface area contributed by atoms with E-state index in [4.69, 9.17) is 9.84 Å². The molecule has 2 N–H and O–H groups in total. The number of hydrogen-bond acceptors (Lipinski definition) is 5. The molecule has 1 rings (SSSR count). The fourth-order valence-electron chi connectivity index (χ4n) is 1.85. The maximum absolute atomic E-state index is 12.4. The first kappa shape index (κ1) is 18.3. The number of thioether (sulfide) groups is 1.